The number of carbonyl (C=O) groups is 1. The van der Waals surface area contributed by atoms with Crippen molar-refractivity contribution in [2.24, 2.45) is 0 Å². The SMILES string of the molecule is COC1=CC(c2ccccc2)C(C(=O)NC(C)(C)C)=C(OC)C=C1. The van der Waals surface area contributed by atoms with E-state index in [0.717, 1.165) is 5.56 Å². The van der Waals surface area contributed by atoms with E-state index in [1.165, 1.54) is 0 Å². The van der Waals surface area contributed by atoms with Gasteiger partial charge < -0.3 is 14.8 Å². The number of carbonyl (C=O) groups excluding carboxylic acids is 1. The summed E-state index contributed by atoms with van der Waals surface area (Å²) < 4.78 is 10.9. The number of amides is 1. The summed E-state index contributed by atoms with van der Waals surface area (Å²) in [6, 6.07) is 9.86. The Labute approximate surface area is 143 Å². The number of methoxy groups -OCH3 is 2. The Balaban J connectivity index is 2.57. The van der Waals surface area contributed by atoms with Crippen molar-refractivity contribution in [3.63, 3.8) is 0 Å². The predicted molar refractivity (Wildman–Crippen MR) is 95.3 cm³/mol. The number of hydrogen-bond donors (Lipinski definition) is 1. The molecule has 1 aliphatic carbocycles. The molecular weight excluding hydrogens is 302 g/mol. The largest absolute Gasteiger partial charge is 0.497 e. The molecule has 1 aliphatic rings. The third-order valence-electron chi connectivity index (χ3n) is 3.65. The molecule has 0 heterocycles. The molecule has 0 aliphatic heterocycles. The fourth-order valence-electron chi connectivity index (χ4n) is 2.60. The van der Waals surface area contributed by atoms with Crippen LogP contribution in [0.1, 0.15) is 32.3 Å². The van der Waals surface area contributed by atoms with Crippen LogP contribution < -0.4 is 5.32 Å². The smallest absolute Gasteiger partial charge is 0.252 e. The van der Waals surface area contributed by atoms with Gasteiger partial charge in [0.2, 0.25) is 0 Å². The van der Waals surface area contributed by atoms with Gasteiger partial charge in [0.1, 0.15) is 11.5 Å². The van der Waals surface area contributed by atoms with Crippen molar-refractivity contribution >= 4 is 5.91 Å². The van der Waals surface area contributed by atoms with E-state index in [0.29, 0.717) is 17.1 Å². The van der Waals surface area contributed by atoms with E-state index in [9.17, 15) is 4.79 Å². The fraction of sp³-hybridized carbons (Fsp3) is 0.350. The summed E-state index contributed by atoms with van der Waals surface area (Å²) in [4.78, 5) is 13.0. The molecule has 128 valence electrons. The molecule has 4 nitrogen and oxygen atoms in total. The summed E-state index contributed by atoms with van der Waals surface area (Å²) in [6.45, 7) is 5.87. The second-order valence-electron chi connectivity index (χ2n) is 6.68. The lowest BCUT2D eigenvalue weighted by Gasteiger charge is -2.25. The van der Waals surface area contributed by atoms with Gasteiger partial charge in [-0.2, -0.15) is 0 Å². The zero-order chi connectivity index (χ0) is 17.7. The highest BCUT2D eigenvalue weighted by Crippen LogP contribution is 2.33. The van der Waals surface area contributed by atoms with Crippen LogP contribution >= 0.6 is 0 Å². The maximum atomic E-state index is 13.0. The molecule has 0 bridgehead atoms. The molecule has 4 heteroatoms. The maximum Gasteiger partial charge on any atom is 0.252 e. The second kappa shape index (κ2) is 7.39. The molecule has 0 spiro atoms. The highest BCUT2D eigenvalue weighted by Gasteiger charge is 2.29. The van der Waals surface area contributed by atoms with Gasteiger partial charge in [-0.3, -0.25) is 4.79 Å². The molecule has 1 aromatic rings. The van der Waals surface area contributed by atoms with Crippen molar-refractivity contribution in [2.45, 2.75) is 32.2 Å². The summed E-state index contributed by atoms with van der Waals surface area (Å²) in [5.41, 5.74) is 1.24. The van der Waals surface area contributed by atoms with Crippen molar-refractivity contribution in [1.29, 1.82) is 0 Å². The first-order chi connectivity index (χ1) is 11.4. The van der Waals surface area contributed by atoms with Crippen molar-refractivity contribution < 1.29 is 14.3 Å². The normalized spacial score (nSPS) is 17.9. The molecule has 1 aromatic carbocycles. The van der Waals surface area contributed by atoms with E-state index in [1.807, 2.05) is 63.3 Å². The van der Waals surface area contributed by atoms with E-state index in [2.05, 4.69) is 5.32 Å². The lowest BCUT2D eigenvalue weighted by atomic mass is 9.89. The van der Waals surface area contributed by atoms with Gasteiger partial charge in [0.15, 0.2) is 0 Å². The van der Waals surface area contributed by atoms with Crippen molar-refractivity contribution in [3.8, 4) is 0 Å². The minimum Gasteiger partial charge on any atom is -0.497 e. The van der Waals surface area contributed by atoms with E-state index < -0.39 is 0 Å². The molecule has 24 heavy (non-hydrogen) atoms. The fourth-order valence-corrected chi connectivity index (χ4v) is 2.60. The van der Waals surface area contributed by atoms with Gasteiger partial charge >= 0.3 is 0 Å². The van der Waals surface area contributed by atoms with Gasteiger partial charge in [0.05, 0.1) is 19.8 Å². The van der Waals surface area contributed by atoms with Crippen LogP contribution in [0.4, 0.5) is 0 Å². The van der Waals surface area contributed by atoms with Crippen LogP contribution in [0.2, 0.25) is 0 Å². The van der Waals surface area contributed by atoms with Gasteiger partial charge in [-0.25, -0.2) is 0 Å². The Morgan fingerprint density at radius 3 is 2.25 bits per heavy atom. The van der Waals surface area contributed by atoms with Gasteiger partial charge in [0, 0.05) is 11.5 Å². The number of rotatable bonds is 4. The highest BCUT2D eigenvalue weighted by atomic mass is 16.5. The lowest BCUT2D eigenvalue weighted by Crippen LogP contribution is -2.42. The third-order valence-corrected chi connectivity index (χ3v) is 3.65. The average Bonchev–Trinajstić information content (AvgIpc) is 2.73. The van der Waals surface area contributed by atoms with E-state index in [1.54, 1.807) is 20.3 Å². The average molecular weight is 327 g/mol. The molecule has 1 N–H and O–H groups in total. The highest BCUT2D eigenvalue weighted by molar-refractivity contribution is 5.97. The second-order valence-corrected chi connectivity index (χ2v) is 6.68. The van der Waals surface area contributed by atoms with Gasteiger partial charge in [-0.15, -0.1) is 0 Å². The number of hydrogen-bond acceptors (Lipinski definition) is 3. The van der Waals surface area contributed by atoms with Crippen LogP contribution in [0.5, 0.6) is 0 Å². The van der Waals surface area contributed by atoms with E-state index >= 15 is 0 Å². The Morgan fingerprint density at radius 2 is 1.71 bits per heavy atom. The van der Waals surface area contributed by atoms with Crippen molar-refractivity contribution in [2.75, 3.05) is 14.2 Å². The molecule has 0 radical (unpaired) electrons. The molecule has 1 amide bonds. The zero-order valence-corrected chi connectivity index (χ0v) is 14.9. The van der Waals surface area contributed by atoms with Gasteiger partial charge in [0.25, 0.3) is 5.91 Å². The number of benzene rings is 1. The molecule has 0 saturated heterocycles. The number of nitrogens with one attached hydrogen (secondary N) is 1. The summed E-state index contributed by atoms with van der Waals surface area (Å²) in [5, 5.41) is 3.03. The van der Waals surface area contributed by atoms with E-state index in [-0.39, 0.29) is 17.4 Å². The molecule has 1 atom stereocenters. The summed E-state index contributed by atoms with van der Waals surface area (Å²) in [7, 11) is 3.19. The minimum atomic E-state index is -0.339. The van der Waals surface area contributed by atoms with Crippen LogP contribution in [0.3, 0.4) is 0 Å². The zero-order valence-electron chi connectivity index (χ0n) is 14.9. The monoisotopic (exact) mass is 327 g/mol. The van der Waals surface area contributed by atoms with Crippen LogP contribution in [-0.4, -0.2) is 25.7 Å². The number of allylic oxidation sites excluding steroid dienone is 3. The van der Waals surface area contributed by atoms with Crippen LogP contribution in [-0.2, 0) is 14.3 Å². The van der Waals surface area contributed by atoms with Crippen LogP contribution in [0.25, 0.3) is 0 Å². The van der Waals surface area contributed by atoms with Gasteiger partial charge in [-0.05, 0) is 44.6 Å². The Bertz CT molecular complexity index is 679. The standard InChI is InChI=1S/C20H25NO3/c1-20(2,3)21-19(22)18-16(14-9-7-6-8-10-14)13-15(23-4)11-12-17(18)24-5/h6-13,16H,1-5H3,(H,21,22). The van der Waals surface area contributed by atoms with Crippen molar-refractivity contribution in [1.82, 2.24) is 5.32 Å². The third kappa shape index (κ3) is 4.28. The van der Waals surface area contributed by atoms with E-state index in [4.69, 9.17) is 9.47 Å². The quantitative estimate of drug-likeness (QED) is 0.917. The minimum absolute atomic E-state index is 0.147. The van der Waals surface area contributed by atoms with Crippen molar-refractivity contribution in [3.05, 3.63) is 71.2 Å². The molecule has 1 unspecified atom stereocenters. The Morgan fingerprint density at radius 1 is 1.04 bits per heavy atom. The molecule has 0 saturated carbocycles. The summed E-state index contributed by atoms with van der Waals surface area (Å²) in [5.74, 6) is 0.825. The maximum absolute atomic E-state index is 13.0. The predicted octanol–water partition coefficient (Wildman–Crippen LogP) is 3.69. The molecule has 2 rings (SSSR count). The Hall–Kier alpha value is -2.49. The summed E-state index contributed by atoms with van der Waals surface area (Å²) >= 11 is 0. The number of ether oxygens (including phenoxy) is 2. The molecule has 0 aromatic heterocycles. The first-order valence-corrected chi connectivity index (χ1v) is 7.95. The van der Waals surface area contributed by atoms with Gasteiger partial charge in [-0.1, -0.05) is 30.3 Å². The summed E-state index contributed by atoms with van der Waals surface area (Å²) in [6.07, 6.45) is 5.53. The first kappa shape index (κ1) is 17.9. The first-order valence-electron chi connectivity index (χ1n) is 7.95. The Kier molecular flexibility index (Phi) is 5.50. The molecule has 0 fully saturated rings. The van der Waals surface area contributed by atoms with Crippen LogP contribution in [0, 0.1) is 0 Å². The topological polar surface area (TPSA) is 47.6 Å². The molecular formula is C20H25NO3. The van der Waals surface area contributed by atoms with Crippen LogP contribution in [0.15, 0.2) is 65.7 Å². The lowest BCUT2D eigenvalue weighted by molar-refractivity contribution is -0.119.